The molecule has 1 aliphatic rings. The van der Waals surface area contributed by atoms with Gasteiger partial charge in [0.2, 0.25) is 5.89 Å². The number of aromatic nitrogens is 2. The molecule has 0 saturated carbocycles. The number of piperazine rings is 1. The second-order valence-electron chi connectivity index (χ2n) is 5.95. The van der Waals surface area contributed by atoms with Gasteiger partial charge in [0, 0.05) is 50.9 Å². The maximum atomic E-state index is 13.3. The molecule has 0 aliphatic carbocycles. The van der Waals surface area contributed by atoms with Crippen LogP contribution in [0.15, 0.2) is 22.7 Å². The fourth-order valence-corrected chi connectivity index (χ4v) is 2.89. The van der Waals surface area contributed by atoms with Gasteiger partial charge < -0.3 is 9.42 Å². The molecule has 1 aromatic heterocycles. The molecule has 26 heavy (non-hydrogen) atoms. The molecule has 2 aromatic rings. The van der Waals surface area contributed by atoms with E-state index in [9.17, 15) is 23.3 Å². The highest BCUT2D eigenvalue weighted by molar-refractivity contribution is 5.59. The summed E-state index contributed by atoms with van der Waals surface area (Å²) in [4.78, 5) is 17.7. The van der Waals surface area contributed by atoms with Gasteiger partial charge in [0.1, 0.15) is 0 Å². The summed E-state index contributed by atoms with van der Waals surface area (Å²) in [6, 6.07) is 2.85. The van der Waals surface area contributed by atoms with Crippen LogP contribution in [0.5, 0.6) is 0 Å². The van der Waals surface area contributed by atoms with Crippen LogP contribution < -0.4 is 4.90 Å². The van der Waals surface area contributed by atoms with Crippen molar-refractivity contribution in [1.82, 2.24) is 15.0 Å². The lowest BCUT2D eigenvalue weighted by Crippen LogP contribution is -2.46. The molecule has 0 unspecified atom stereocenters. The van der Waals surface area contributed by atoms with Gasteiger partial charge >= 0.3 is 6.18 Å². The third kappa shape index (κ3) is 3.93. The first kappa shape index (κ1) is 18.1. The zero-order chi connectivity index (χ0) is 18.9. The second-order valence-corrected chi connectivity index (χ2v) is 5.95. The van der Waals surface area contributed by atoms with E-state index < -0.39 is 22.4 Å². The highest BCUT2D eigenvalue weighted by Gasteiger charge is 2.37. The molecule has 0 spiro atoms. The van der Waals surface area contributed by atoms with Crippen molar-refractivity contribution in [3.8, 4) is 0 Å². The Hall–Kier alpha value is -2.69. The zero-order valence-electron chi connectivity index (χ0n) is 13.9. The molecular formula is C15H16F3N5O3. The van der Waals surface area contributed by atoms with Gasteiger partial charge in [0.05, 0.1) is 17.0 Å². The predicted molar refractivity (Wildman–Crippen MR) is 84.6 cm³/mol. The fraction of sp³-hybridized carbons (Fsp3) is 0.467. The molecule has 11 heteroatoms. The first-order chi connectivity index (χ1) is 12.2. The van der Waals surface area contributed by atoms with E-state index in [0.717, 1.165) is 6.07 Å². The second kappa shape index (κ2) is 6.90. The Morgan fingerprint density at radius 1 is 1.27 bits per heavy atom. The molecule has 0 amide bonds. The largest absolute Gasteiger partial charge is 0.418 e. The molecule has 3 rings (SSSR count). The van der Waals surface area contributed by atoms with E-state index in [1.54, 1.807) is 11.8 Å². The molecule has 140 valence electrons. The topological polar surface area (TPSA) is 88.5 Å². The van der Waals surface area contributed by atoms with Crippen molar-refractivity contribution in [2.24, 2.45) is 0 Å². The molecule has 1 fully saturated rings. The molecule has 0 atom stereocenters. The van der Waals surface area contributed by atoms with Gasteiger partial charge in [0.25, 0.3) is 5.69 Å². The predicted octanol–water partition coefficient (Wildman–Crippen LogP) is 2.63. The minimum atomic E-state index is -4.67. The summed E-state index contributed by atoms with van der Waals surface area (Å²) in [7, 11) is 0. The number of alkyl halides is 3. The van der Waals surface area contributed by atoms with Crippen LogP contribution in [0.1, 0.15) is 17.3 Å². The minimum Gasteiger partial charge on any atom is -0.368 e. The van der Waals surface area contributed by atoms with Gasteiger partial charge in [-0.25, -0.2) is 0 Å². The van der Waals surface area contributed by atoms with Gasteiger partial charge in [0.15, 0.2) is 5.82 Å². The molecule has 2 heterocycles. The molecule has 1 aromatic carbocycles. The summed E-state index contributed by atoms with van der Waals surface area (Å²) in [5, 5.41) is 14.6. The number of nitro groups is 1. The summed E-state index contributed by atoms with van der Waals surface area (Å²) in [5.74, 6) is 0.988. The van der Waals surface area contributed by atoms with Gasteiger partial charge in [-0.1, -0.05) is 5.16 Å². The van der Waals surface area contributed by atoms with E-state index in [4.69, 9.17) is 4.52 Å². The van der Waals surface area contributed by atoms with Crippen LogP contribution in [-0.4, -0.2) is 46.1 Å². The summed E-state index contributed by atoms with van der Waals surface area (Å²) in [5.41, 5.74) is -1.61. The van der Waals surface area contributed by atoms with E-state index in [1.807, 2.05) is 4.90 Å². The first-order valence-electron chi connectivity index (χ1n) is 7.86. The normalized spacial score (nSPS) is 16.1. The Kier molecular flexibility index (Phi) is 4.81. The van der Waals surface area contributed by atoms with Gasteiger partial charge in [-0.05, 0) is 6.07 Å². The van der Waals surface area contributed by atoms with Crippen LogP contribution in [0.2, 0.25) is 0 Å². The number of anilines is 1. The van der Waals surface area contributed by atoms with Gasteiger partial charge in [-0.2, -0.15) is 18.2 Å². The lowest BCUT2D eigenvalue weighted by Gasteiger charge is -2.36. The number of aryl methyl sites for hydroxylation is 1. The average molecular weight is 371 g/mol. The fourth-order valence-electron chi connectivity index (χ4n) is 2.89. The molecule has 8 nitrogen and oxygen atoms in total. The Morgan fingerprint density at radius 3 is 2.50 bits per heavy atom. The Morgan fingerprint density at radius 2 is 1.96 bits per heavy atom. The van der Waals surface area contributed by atoms with Crippen molar-refractivity contribution in [2.75, 3.05) is 31.1 Å². The summed E-state index contributed by atoms with van der Waals surface area (Å²) in [6.45, 7) is 3.89. The van der Waals surface area contributed by atoms with Gasteiger partial charge in [-0.15, -0.1) is 0 Å². The van der Waals surface area contributed by atoms with Crippen molar-refractivity contribution >= 4 is 11.4 Å². The van der Waals surface area contributed by atoms with Crippen molar-refractivity contribution < 1.29 is 22.6 Å². The summed E-state index contributed by atoms with van der Waals surface area (Å²) in [6.07, 6.45) is -4.67. The quantitative estimate of drug-likeness (QED) is 0.603. The number of non-ortho nitro benzene ring substituents is 1. The van der Waals surface area contributed by atoms with E-state index in [1.165, 1.54) is 6.07 Å². The maximum absolute atomic E-state index is 13.3. The number of hydrogen-bond acceptors (Lipinski definition) is 7. The smallest absolute Gasteiger partial charge is 0.368 e. The number of nitrogens with zero attached hydrogens (tertiary/aromatic N) is 5. The number of hydrogen-bond donors (Lipinski definition) is 0. The van der Waals surface area contributed by atoms with Crippen LogP contribution in [0.3, 0.4) is 0 Å². The molecule has 0 radical (unpaired) electrons. The van der Waals surface area contributed by atoms with Crippen LogP contribution >= 0.6 is 0 Å². The number of nitro benzene ring substituents is 1. The van der Waals surface area contributed by atoms with Crippen molar-refractivity contribution in [2.45, 2.75) is 19.6 Å². The standard InChI is InChI=1S/C15H16F3N5O3/c1-10-19-14(20-26-10)9-21-4-6-22(7-5-21)13-3-2-11(23(24)25)8-12(13)15(16,17)18/h2-3,8H,4-7,9H2,1H3. The molecule has 0 N–H and O–H groups in total. The highest BCUT2D eigenvalue weighted by Crippen LogP contribution is 2.39. The van der Waals surface area contributed by atoms with Crippen molar-refractivity contribution in [1.29, 1.82) is 0 Å². The molecular weight excluding hydrogens is 355 g/mol. The average Bonchev–Trinajstić information content (AvgIpc) is 2.99. The van der Waals surface area contributed by atoms with Crippen LogP contribution in [0.4, 0.5) is 24.5 Å². The minimum absolute atomic E-state index is 0.0434. The Labute approximate surface area is 146 Å². The van der Waals surface area contributed by atoms with E-state index >= 15 is 0 Å². The van der Waals surface area contributed by atoms with Crippen molar-refractivity contribution in [3.05, 3.63) is 45.6 Å². The zero-order valence-corrected chi connectivity index (χ0v) is 13.9. The third-order valence-electron chi connectivity index (χ3n) is 4.14. The number of halogens is 3. The first-order valence-corrected chi connectivity index (χ1v) is 7.86. The molecule has 0 bridgehead atoms. The van der Waals surface area contributed by atoms with Gasteiger partial charge in [-0.3, -0.25) is 15.0 Å². The van der Waals surface area contributed by atoms with Crippen molar-refractivity contribution in [3.63, 3.8) is 0 Å². The molecule has 1 aliphatic heterocycles. The van der Waals surface area contributed by atoms with Crippen LogP contribution in [0, 0.1) is 17.0 Å². The maximum Gasteiger partial charge on any atom is 0.418 e. The Balaban J connectivity index is 1.73. The lowest BCUT2D eigenvalue weighted by atomic mass is 10.1. The Bertz CT molecular complexity index is 800. The SMILES string of the molecule is Cc1nc(CN2CCN(c3ccc([N+](=O)[O-])cc3C(F)(F)F)CC2)no1. The van der Waals surface area contributed by atoms with Crippen LogP contribution in [0.25, 0.3) is 0 Å². The van der Waals surface area contributed by atoms with E-state index in [-0.39, 0.29) is 5.69 Å². The van der Waals surface area contributed by atoms with E-state index in [2.05, 4.69) is 10.1 Å². The number of benzene rings is 1. The van der Waals surface area contributed by atoms with Crippen LogP contribution in [-0.2, 0) is 12.7 Å². The third-order valence-corrected chi connectivity index (χ3v) is 4.14. The highest BCUT2D eigenvalue weighted by atomic mass is 19.4. The lowest BCUT2D eigenvalue weighted by molar-refractivity contribution is -0.385. The molecule has 1 saturated heterocycles. The summed E-state index contributed by atoms with van der Waals surface area (Å²) < 4.78 is 44.9. The monoisotopic (exact) mass is 371 g/mol. The van der Waals surface area contributed by atoms with E-state index in [0.29, 0.717) is 50.5 Å². The number of rotatable bonds is 4. The summed E-state index contributed by atoms with van der Waals surface area (Å²) >= 11 is 0.